The lowest BCUT2D eigenvalue weighted by molar-refractivity contribution is -0.148. The number of nitrogens with one attached hydrogen (secondary N) is 2. The molecule has 1 saturated carbocycles. The first kappa shape index (κ1) is 13.1. The molecule has 0 aromatic rings. The monoisotopic (exact) mass is 245 g/mol. The number of carbonyl (C=O) groups excluding carboxylic acids is 2. The highest BCUT2D eigenvalue weighted by atomic mass is 16.5. The van der Waals surface area contributed by atoms with Crippen molar-refractivity contribution in [3.63, 3.8) is 0 Å². The van der Waals surface area contributed by atoms with Gasteiger partial charge < -0.3 is 26.2 Å². The number of ether oxygens (including phenoxy) is 1. The van der Waals surface area contributed by atoms with Gasteiger partial charge in [0.25, 0.3) is 0 Å². The first-order chi connectivity index (χ1) is 7.96. The summed E-state index contributed by atoms with van der Waals surface area (Å²) in [7, 11) is 0. The summed E-state index contributed by atoms with van der Waals surface area (Å²) >= 11 is 0. The highest BCUT2D eigenvalue weighted by Crippen LogP contribution is 2.31. The van der Waals surface area contributed by atoms with Crippen molar-refractivity contribution in [3.8, 4) is 0 Å². The molecule has 1 aliphatic carbocycles. The van der Waals surface area contributed by atoms with Gasteiger partial charge in [-0.1, -0.05) is 0 Å². The maximum Gasteiger partial charge on any atom is 0.404 e. The molecule has 3 amide bonds. The highest BCUT2D eigenvalue weighted by molar-refractivity contribution is 5.87. The van der Waals surface area contributed by atoms with E-state index in [0.29, 0.717) is 12.8 Å². The van der Waals surface area contributed by atoms with Gasteiger partial charge in [-0.15, -0.1) is 0 Å². The first-order valence-electron chi connectivity index (χ1n) is 5.18. The normalized spacial score (nSPS) is 16.5. The Morgan fingerprint density at radius 1 is 1.35 bits per heavy atom. The highest BCUT2D eigenvalue weighted by Gasteiger charge is 2.45. The van der Waals surface area contributed by atoms with Crippen LogP contribution in [-0.4, -0.2) is 41.9 Å². The van der Waals surface area contributed by atoms with Crippen LogP contribution < -0.4 is 16.4 Å². The number of aliphatic carboxylic acids is 1. The fourth-order valence-corrected chi connectivity index (χ4v) is 1.50. The Morgan fingerprint density at radius 2 is 2.00 bits per heavy atom. The van der Waals surface area contributed by atoms with E-state index in [0.717, 1.165) is 6.42 Å². The second-order valence-electron chi connectivity index (χ2n) is 3.79. The number of hydrogen-bond acceptors (Lipinski definition) is 4. The van der Waals surface area contributed by atoms with Crippen LogP contribution in [0.1, 0.15) is 19.3 Å². The molecule has 8 nitrogen and oxygen atoms in total. The zero-order valence-electron chi connectivity index (χ0n) is 9.19. The Hall–Kier alpha value is -1.99. The molecule has 0 heterocycles. The van der Waals surface area contributed by atoms with E-state index in [1.807, 2.05) is 0 Å². The van der Waals surface area contributed by atoms with Gasteiger partial charge in [0.15, 0.2) is 0 Å². The van der Waals surface area contributed by atoms with Gasteiger partial charge >= 0.3 is 18.1 Å². The minimum absolute atomic E-state index is 0.0528. The fourth-order valence-electron chi connectivity index (χ4n) is 1.50. The molecule has 1 aliphatic rings. The Balaban J connectivity index is 2.25. The van der Waals surface area contributed by atoms with Gasteiger partial charge in [-0.05, 0) is 19.3 Å². The molecular weight excluding hydrogens is 230 g/mol. The topological polar surface area (TPSA) is 131 Å². The van der Waals surface area contributed by atoms with E-state index < -0.39 is 23.6 Å². The number of primary amides is 1. The fraction of sp³-hybridized carbons (Fsp3) is 0.667. The van der Waals surface area contributed by atoms with E-state index in [1.165, 1.54) is 0 Å². The molecule has 0 bridgehead atoms. The minimum atomic E-state index is -1.14. The third kappa shape index (κ3) is 3.51. The predicted octanol–water partition coefficient (Wildman–Crippen LogP) is -0.612. The number of carboxylic acid groups (broad SMARTS) is 1. The number of carboxylic acids is 1. The quantitative estimate of drug-likeness (QED) is 0.480. The molecular formula is C9H15N3O5. The van der Waals surface area contributed by atoms with Crippen molar-refractivity contribution >= 4 is 18.1 Å². The maximum atomic E-state index is 11.3. The van der Waals surface area contributed by atoms with Crippen LogP contribution in [-0.2, 0) is 9.53 Å². The first-order valence-corrected chi connectivity index (χ1v) is 5.18. The van der Waals surface area contributed by atoms with Crippen molar-refractivity contribution in [3.05, 3.63) is 0 Å². The van der Waals surface area contributed by atoms with E-state index in [1.54, 1.807) is 0 Å². The molecule has 0 atom stereocenters. The largest absolute Gasteiger partial charge is 0.480 e. The van der Waals surface area contributed by atoms with Crippen LogP contribution >= 0.6 is 0 Å². The summed E-state index contributed by atoms with van der Waals surface area (Å²) < 4.78 is 4.39. The average molecular weight is 245 g/mol. The van der Waals surface area contributed by atoms with Crippen molar-refractivity contribution in [2.75, 3.05) is 13.2 Å². The summed E-state index contributed by atoms with van der Waals surface area (Å²) in [6, 6.07) is -0.597. The summed E-state index contributed by atoms with van der Waals surface area (Å²) in [4.78, 5) is 32.5. The van der Waals surface area contributed by atoms with Crippen LogP contribution in [0.2, 0.25) is 0 Å². The molecule has 0 saturated heterocycles. The van der Waals surface area contributed by atoms with Crippen molar-refractivity contribution < 1.29 is 24.2 Å². The molecule has 0 unspecified atom stereocenters. The van der Waals surface area contributed by atoms with E-state index in [2.05, 4.69) is 15.4 Å². The van der Waals surface area contributed by atoms with Crippen LogP contribution in [0.25, 0.3) is 0 Å². The molecule has 0 spiro atoms. The zero-order valence-corrected chi connectivity index (χ0v) is 9.19. The molecule has 0 radical (unpaired) electrons. The third-order valence-electron chi connectivity index (χ3n) is 2.60. The van der Waals surface area contributed by atoms with Gasteiger partial charge in [-0.25, -0.2) is 14.4 Å². The molecule has 5 N–H and O–H groups in total. The standard InChI is InChI=1S/C9H15N3O5/c10-7(15)17-5-4-11-8(16)12-9(6(13)14)2-1-3-9/h1-5H2,(H2,10,15)(H,13,14)(H2,11,12,16). The lowest BCUT2D eigenvalue weighted by Crippen LogP contribution is -2.61. The lowest BCUT2D eigenvalue weighted by Gasteiger charge is -2.38. The Kier molecular flexibility index (Phi) is 4.13. The molecule has 17 heavy (non-hydrogen) atoms. The van der Waals surface area contributed by atoms with Gasteiger partial charge in [-0.2, -0.15) is 0 Å². The Labute approximate surface area is 97.5 Å². The van der Waals surface area contributed by atoms with E-state index in [9.17, 15) is 14.4 Å². The smallest absolute Gasteiger partial charge is 0.404 e. The van der Waals surface area contributed by atoms with Crippen LogP contribution in [0.5, 0.6) is 0 Å². The van der Waals surface area contributed by atoms with Crippen LogP contribution in [0.4, 0.5) is 9.59 Å². The average Bonchev–Trinajstić information content (AvgIpc) is 2.17. The molecule has 8 heteroatoms. The number of carbonyl (C=O) groups is 3. The van der Waals surface area contributed by atoms with E-state index in [4.69, 9.17) is 10.8 Å². The number of hydrogen-bond donors (Lipinski definition) is 4. The Morgan fingerprint density at radius 3 is 2.41 bits per heavy atom. The molecule has 96 valence electrons. The van der Waals surface area contributed by atoms with Gasteiger partial charge in [0.1, 0.15) is 12.1 Å². The number of urea groups is 1. The number of nitrogens with two attached hydrogens (primary N) is 1. The van der Waals surface area contributed by atoms with Gasteiger partial charge in [0, 0.05) is 0 Å². The third-order valence-corrected chi connectivity index (χ3v) is 2.60. The zero-order chi connectivity index (χ0) is 12.9. The van der Waals surface area contributed by atoms with Crippen LogP contribution in [0.3, 0.4) is 0 Å². The van der Waals surface area contributed by atoms with Crippen molar-refractivity contribution in [1.29, 1.82) is 0 Å². The summed E-state index contributed by atoms with van der Waals surface area (Å²) in [6.45, 7) is 0.0211. The second-order valence-corrected chi connectivity index (χ2v) is 3.79. The number of amides is 3. The maximum absolute atomic E-state index is 11.3. The summed E-state index contributed by atoms with van der Waals surface area (Å²) in [5.41, 5.74) is 3.57. The van der Waals surface area contributed by atoms with Crippen LogP contribution in [0.15, 0.2) is 0 Å². The molecule has 0 aliphatic heterocycles. The van der Waals surface area contributed by atoms with Gasteiger partial charge in [-0.3, -0.25) is 0 Å². The Bertz CT molecular complexity index is 327. The van der Waals surface area contributed by atoms with Crippen LogP contribution in [0, 0.1) is 0 Å². The molecule has 0 aromatic carbocycles. The SMILES string of the molecule is NC(=O)OCCNC(=O)NC1(C(=O)O)CCC1. The van der Waals surface area contributed by atoms with Crippen molar-refractivity contribution in [2.24, 2.45) is 5.73 Å². The van der Waals surface area contributed by atoms with E-state index in [-0.39, 0.29) is 13.2 Å². The number of rotatable bonds is 5. The predicted molar refractivity (Wildman–Crippen MR) is 56.3 cm³/mol. The van der Waals surface area contributed by atoms with Gasteiger partial charge in [0.05, 0.1) is 6.54 Å². The minimum Gasteiger partial charge on any atom is -0.480 e. The molecule has 0 aromatic heterocycles. The van der Waals surface area contributed by atoms with E-state index >= 15 is 0 Å². The van der Waals surface area contributed by atoms with Crippen molar-refractivity contribution in [2.45, 2.75) is 24.8 Å². The summed E-state index contributed by atoms with van der Waals surface area (Å²) in [5, 5.41) is 13.7. The van der Waals surface area contributed by atoms with Crippen molar-refractivity contribution in [1.82, 2.24) is 10.6 Å². The lowest BCUT2D eigenvalue weighted by atomic mass is 9.77. The van der Waals surface area contributed by atoms with Gasteiger partial charge in [0.2, 0.25) is 0 Å². The molecule has 1 rings (SSSR count). The summed E-state index contributed by atoms with van der Waals surface area (Å²) in [6.07, 6.45) is 0.701. The second kappa shape index (κ2) is 5.37. The summed E-state index contributed by atoms with van der Waals surface area (Å²) in [5.74, 6) is -1.03. The molecule has 1 fully saturated rings.